The van der Waals surface area contributed by atoms with E-state index in [2.05, 4.69) is 15.1 Å². The number of nitrogen functional groups attached to an aromatic ring is 1. The predicted molar refractivity (Wildman–Crippen MR) is 61.1 cm³/mol. The lowest BCUT2D eigenvalue weighted by molar-refractivity contribution is 0.303. The number of aliphatic hydroxyl groups excluding tert-OH is 1. The first-order valence-corrected chi connectivity index (χ1v) is 4.90. The summed E-state index contributed by atoms with van der Waals surface area (Å²) in [6.07, 6.45) is 1.64. The van der Waals surface area contributed by atoms with E-state index in [0.717, 1.165) is 5.39 Å². The van der Waals surface area contributed by atoms with Gasteiger partial charge in [0, 0.05) is 20.6 Å². The van der Waals surface area contributed by atoms with E-state index in [1.165, 1.54) is 0 Å². The van der Waals surface area contributed by atoms with Gasteiger partial charge in [-0.05, 0) is 0 Å². The Bertz CT molecular complexity index is 508. The number of aliphatic hydroxyl groups is 1. The average molecular weight is 222 g/mol. The van der Waals surface area contributed by atoms with Crippen LogP contribution in [0.25, 0.3) is 11.0 Å². The maximum absolute atomic E-state index is 8.85. The zero-order valence-corrected chi connectivity index (χ0v) is 9.25. The molecule has 0 aliphatic rings. The first kappa shape index (κ1) is 10.6. The van der Waals surface area contributed by atoms with Crippen LogP contribution >= 0.6 is 0 Å². The number of fused-ring (bicyclic) bond motifs is 1. The highest BCUT2D eigenvalue weighted by atomic mass is 16.3. The van der Waals surface area contributed by atoms with Crippen LogP contribution in [0.5, 0.6) is 0 Å². The van der Waals surface area contributed by atoms with Gasteiger partial charge in [0.2, 0.25) is 5.95 Å². The van der Waals surface area contributed by atoms with Crippen molar-refractivity contribution in [2.45, 2.75) is 0 Å². The van der Waals surface area contributed by atoms with Crippen LogP contribution in [0, 0.1) is 0 Å². The molecule has 0 spiro atoms. The number of nitrogens with zero attached hydrogens (tertiary/aromatic N) is 5. The van der Waals surface area contributed by atoms with E-state index in [1.807, 2.05) is 0 Å². The highest BCUT2D eigenvalue weighted by Gasteiger charge is 2.11. The summed E-state index contributed by atoms with van der Waals surface area (Å²) in [7, 11) is 3.60. The third kappa shape index (κ3) is 1.65. The molecule has 16 heavy (non-hydrogen) atoms. The van der Waals surface area contributed by atoms with Gasteiger partial charge in [-0.15, -0.1) is 0 Å². The molecular formula is C9H14N6O. The second-order valence-electron chi connectivity index (χ2n) is 3.56. The second kappa shape index (κ2) is 3.93. The molecule has 7 heteroatoms. The maximum Gasteiger partial charge on any atom is 0.229 e. The minimum Gasteiger partial charge on any atom is -0.395 e. The van der Waals surface area contributed by atoms with Crippen LogP contribution < -0.4 is 10.6 Å². The molecule has 7 nitrogen and oxygen atoms in total. The number of hydrogen-bond donors (Lipinski definition) is 2. The largest absolute Gasteiger partial charge is 0.395 e. The molecule has 2 aromatic heterocycles. The van der Waals surface area contributed by atoms with Crippen molar-refractivity contribution >= 4 is 22.8 Å². The van der Waals surface area contributed by atoms with E-state index in [9.17, 15) is 0 Å². The molecule has 0 radical (unpaired) electrons. The molecule has 0 fully saturated rings. The predicted octanol–water partition coefficient (Wildman–Crippen LogP) is -0.626. The van der Waals surface area contributed by atoms with Gasteiger partial charge in [0.1, 0.15) is 5.82 Å². The summed E-state index contributed by atoms with van der Waals surface area (Å²) in [4.78, 5) is 10.2. The Morgan fingerprint density at radius 1 is 1.50 bits per heavy atom. The molecule has 0 aliphatic carbocycles. The fourth-order valence-electron chi connectivity index (χ4n) is 1.45. The van der Waals surface area contributed by atoms with Crippen LogP contribution in [0.3, 0.4) is 0 Å². The molecule has 3 N–H and O–H groups in total. The van der Waals surface area contributed by atoms with E-state index >= 15 is 0 Å². The second-order valence-corrected chi connectivity index (χ2v) is 3.56. The Morgan fingerprint density at radius 3 is 2.94 bits per heavy atom. The fraction of sp³-hybridized carbons (Fsp3) is 0.444. The molecule has 0 aliphatic heterocycles. The Labute approximate surface area is 92.5 Å². The summed E-state index contributed by atoms with van der Waals surface area (Å²) >= 11 is 0. The molecular weight excluding hydrogens is 208 g/mol. The van der Waals surface area contributed by atoms with Crippen molar-refractivity contribution in [2.75, 3.05) is 30.8 Å². The van der Waals surface area contributed by atoms with Crippen LogP contribution in [0.1, 0.15) is 0 Å². The summed E-state index contributed by atoms with van der Waals surface area (Å²) < 4.78 is 1.64. The first-order valence-electron chi connectivity index (χ1n) is 4.90. The van der Waals surface area contributed by atoms with Crippen LogP contribution in [-0.4, -0.2) is 45.1 Å². The summed E-state index contributed by atoms with van der Waals surface area (Å²) in [6.45, 7) is 0.506. The molecule has 0 unspecified atom stereocenters. The molecule has 2 rings (SSSR count). The quantitative estimate of drug-likeness (QED) is 0.718. The number of rotatable bonds is 3. The topological polar surface area (TPSA) is 93.1 Å². The lowest BCUT2D eigenvalue weighted by Crippen LogP contribution is -2.23. The molecule has 0 aromatic carbocycles. The van der Waals surface area contributed by atoms with E-state index in [1.54, 1.807) is 29.9 Å². The average Bonchev–Trinajstić information content (AvgIpc) is 2.61. The molecule has 0 saturated carbocycles. The SMILES string of the molecule is CN(CCO)c1nc(N)c2cnn(C)c2n1. The Balaban J connectivity index is 2.51. The lowest BCUT2D eigenvalue weighted by Gasteiger charge is -2.15. The third-order valence-corrected chi connectivity index (χ3v) is 2.39. The van der Waals surface area contributed by atoms with E-state index < -0.39 is 0 Å². The third-order valence-electron chi connectivity index (χ3n) is 2.39. The number of hydrogen-bond acceptors (Lipinski definition) is 6. The van der Waals surface area contributed by atoms with Gasteiger partial charge in [0.15, 0.2) is 5.65 Å². The van der Waals surface area contributed by atoms with Gasteiger partial charge >= 0.3 is 0 Å². The first-order chi connectivity index (χ1) is 7.63. The monoisotopic (exact) mass is 222 g/mol. The fourth-order valence-corrected chi connectivity index (χ4v) is 1.45. The van der Waals surface area contributed by atoms with Gasteiger partial charge in [-0.25, -0.2) is 0 Å². The van der Waals surface area contributed by atoms with Crippen LogP contribution in [0.15, 0.2) is 6.20 Å². The van der Waals surface area contributed by atoms with Crippen molar-refractivity contribution in [3.05, 3.63) is 6.20 Å². The van der Waals surface area contributed by atoms with Crippen molar-refractivity contribution in [2.24, 2.45) is 7.05 Å². The van der Waals surface area contributed by atoms with Crippen molar-refractivity contribution in [1.82, 2.24) is 19.7 Å². The van der Waals surface area contributed by atoms with Crippen molar-refractivity contribution in [1.29, 1.82) is 0 Å². The minimum absolute atomic E-state index is 0.0448. The zero-order chi connectivity index (χ0) is 11.7. The molecule has 0 saturated heterocycles. The van der Waals surface area contributed by atoms with Gasteiger partial charge in [-0.3, -0.25) is 4.68 Å². The summed E-state index contributed by atoms with van der Waals surface area (Å²) in [5, 5.41) is 13.7. The number of likely N-dealkylation sites (N-methyl/N-ethyl adjacent to an activating group) is 1. The van der Waals surface area contributed by atoms with Gasteiger partial charge in [-0.2, -0.15) is 15.1 Å². The number of nitrogens with two attached hydrogens (primary N) is 1. The van der Waals surface area contributed by atoms with E-state index in [0.29, 0.717) is 24.0 Å². The van der Waals surface area contributed by atoms with Crippen molar-refractivity contribution in [3.63, 3.8) is 0 Å². The number of aromatic nitrogens is 4. The Hall–Kier alpha value is -1.89. The molecule has 2 aromatic rings. The van der Waals surface area contributed by atoms with Gasteiger partial charge in [-0.1, -0.05) is 0 Å². The molecule has 2 heterocycles. The van der Waals surface area contributed by atoms with Gasteiger partial charge in [0.05, 0.1) is 18.2 Å². The summed E-state index contributed by atoms with van der Waals surface area (Å²) in [6, 6.07) is 0. The standard InChI is InChI=1S/C9H14N6O/c1-14(3-4-16)9-12-7(10)6-5-11-15(2)8(6)13-9/h5,16H,3-4H2,1-2H3,(H2,10,12,13). The molecule has 0 atom stereocenters. The van der Waals surface area contributed by atoms with Crippen LogP contribution in [0.2, 0.25) is 0 Å². The minimum atomic E-state index is 0.0448. The highest BCUT2D eigenvalue weighted by Crippen LogP contribution is 2.19. The van der Waals surface area contributed by atoms with Crippen molar-refractivity contribution < 1.29 is 5.11 Å². The zero-order valence-electron chi connectivity index (χ0n) is 9.25. The lowest BCUT2D eigenvalue weighted by atomic mass is 10.4. The van der Waals surface area contributed by atoms with Crippen LogP contribution in [-0.2, 0) is 7.05 Å². The van der Waals surface area contributed by atoms with E-state index in [-0.39, 0.29) is 6.61 Å². The van der Waals surface area contributed by atoms with Crippen molar-refractivity contribution in [3.8, 4) is 0 Å². The van der Waals surface area contributed by atoms with E-state index in [4.69, 9.17) is 10.8 Å². The number of anilines is 2. The summed E-state index contributed by atoms with van der Waals surface area (Å²) in [5.41, 5.74) is 6.50. The maximum atomic E-state index is 8.85. The molecule has 0 amide bonds. The smallest absolute Gasteiger partial charge is 0.229 e. The van der Waals surface area contributed by atoms with Gasteiger partial charge in [0.25, 0.3) is 0 Å². The summed E-state index contributed by atoms with van der Waals surface area (Å²) in [5.74, 6) is 0.889. The van der Waals surface area contributed by atoms with Gasteiger partial charge < -0.3 is 15.7 Å². The normalized spacial score (nSPS) is 10.9. The highest BCUT2D eigenvalue weighted by molar-refractivity contribution is 5.86. The van der Waals surface area contributed by atoms with Crippen LogP contribution in [0.4, 0.5) is 11.8 Å². The molecule has 86 valence electrons. The molecule has 0 bridgehead atoms. The Kier molecular flexibility index (Phi) is 2.61. The number of aryl methyl sites for hydroxylation is 1. The Morgan fingerprint density at radius 2 is 2.25 bits per heavy atom.